The number of rotatable bonds is 4. The Hall–Kier alpha value is -2.91. The van der Waals surface area contributed by atoms with Crippen LogP contribution in [0.5, 0.6) is 0 Å². The van der Waals surface area contributed by atoms with Gasteiger partial charge >= 0.3 is 0 Å². The van der Waals surface area contributed by atoms with Gasteiger partial charge < -0.3 is 9.67 Å². The molecule has 1 aromatic heterocycles. The zero-order valence-corrected chi connectivity index (χ0v) is 16.0. The molecule has 3 nitrogen and oxygen atoms in total. The molecule has 4 aromatic rings. The maximum Gasteiger partial charge on any atom is 0.143 e. The summed E-state index contributed by atoms with van der Waals surface area (Å²) < 4.78 is 2.15. The van der Waals surface area contributed by atoms with Crippen LogP contribution in [0.3, 0.4) is 0 Å². The molecule has 1 unspecified atom stereocenters. The van der Waals surface area contributed by atoms with Crippen molar-refractivity contribution in [2.75, 3.05) is 0 Å². The molecule has 27 heavy (non-hydrogen) atoms. The first-order valence-electron chi connectivity index (χ1n) is 9.29. The summed E-state index contributed by atoms with van der Waals surface area (Å²) in [6.07, 6.45) is -0.760. The van der Waals surface area contributed by atoms with Crippen LogP contribution in [0.1, 0.15) is 39.7 Å². The van der Waals surface area contributed by atoms with Gasteiger partial charge in [-0.3, -0.25) is 0 Å². The number of aromatic nitrogens is 2. The second-order valence-electron chi connectivity index (χ2n) is 7.28. The molecule has 0 fully saturated rings. The van der Waals surface area contributed by atoms with E-state index >= 15 is 0 Å². The first kappa shape index (κ1) is 17.5. The molecular formula is C24H24N2O. The molecule has 1 heterocycles. The lowest BCUT2D eigenvalue weighted by molar-refractivity contribution is 0.206. The molecule has 136 valence electrons. The average Bonchev–Trinajstić information content (AvgIpc) is 2.99. The third-order valence-corrected chi connectivity index (χ3v) is 5.18. The lowest BCUT2D eigenvalue weighted by Crippen LogP contribution is -2.11. The van der Waals surface area contributed by atoms with Gasteiger partial charge in [-0.25, -0.2) is 4.98 Å². The van der Waals surface area contributed by atoms with Gasteiger partial charge in [-0.1, -0.05) is 60.2 Å². The Morgan fingerprint density at radius 1 is 0.889 bits per heavy atom. The van der Waals surface area contributed by atoms with E-state index in [1.807, 2.05) is 30.3 Å². The van der Waals surface area contributed by atoms with Crippen LogP contribution < -0.4 is 0 Å². The summed E-state index contributed by atoms with van der Waals surface area (Å²) in [5.41, 5.74) is 7.72. The SMILES string of the molecule is Cc1cccc(Cn2c(C(O)c3ccccc3)nc3cc(C)c(C)cc32)c1. The molecule has 1 N–H and O–H groups in total. The van der Waals surface area contributed by atoms with Crippen LogP contribution in [0.2, 0.25) is 0 Å². The number of nitrogens with zero attached hydrogens (tertiary/aromatic N) is 2. The fourth-order valence-corrected chi connectivity index (χ4v) is 3.55. The second kappa shape index (κ2) is 7.01. The van der Waals surface area contributed by atoms with Gasteiger partial charge in [0.25, 0.3) is 0 Å². The fraction of sp³-hybridized carbons (Fsp3) is 0.208. The Morgan fingerprint density at radius 2 is 1.63 bits per heavy atom. The van der Waals surface area contributed by atoms with Crippen molar-refractivity contribution in [2.24, 2.45) is 0 Å². The predicted molar refractivity (Wildman–Crippen MR) is 110 cm³/mol. The van der Waals surface area contributed by atoms with Gasteiger partial charge in [-0.2, -0.15) is 0 Å². The summed E-state index contributed by atoms with van der Waals surface area (Å²) >= 11 is 0. The van der Waals surface area contributed by atoms with Crippen LogP contribution in [0.15, 0.2) is 66.7 Å². The third kappa shape index (κ3) is 3.38. The minimum Gasteiger partial charge on any atom is -0.380 e. The number of aryl methyl sites for hydroxylation is 3. The Bertz CT molecular complexity index is 1100. The minimum atomic E-state index is -0.760. The number of benzene rings is 3. The molecule has 0 radical (unpaired) electrons. The van der Waals surface area contributed by atoms with Crippen molar-refractivity contribution in [1.82, 2.24) is 9.55 Å². The summed E-state index contributed by atoms with van der Waals surface area (Å²) in [6.45, 7) is 7.00. The van der Waals surface area contributed by atoms with Crippen molar-refractivity contribution in [2.45, 2.75) is 33.4 Å². The Labute approximate surface area is 159 Å². The zero-order chi connectivity index (χ0) is 19.0. The van der Waals surface area contributed by atoms with Gasteiger partial charge in [0.1, 0.15) is 11.9 Å². The molecule has 0 bridgehead atoms. The van der Waals surface area contributed by atoms with E-state index in [4.69, 9.17) is 4.98 Å². The highest BCUT2D eigenvalue weighted by Crippen LogP contribution is 2.28. The van der Waals surface area contributed by atoms with Gasteiger partial charge in [0.15, 0.2) is 0 Å². The summed E-state index contributed by atoms with van der Waals surface area (Å²) in [4.78, 5) is 4.82. The molecule has 3 aromatic carbocycles. The predicted octanol–water partition coefficient (Wildman–Crippen LogP) is 5.09. The van der Waals surface area contributed by atoms with Crippen LogP contribution in [0, 0.1) is 20.8 Å². The van der Waals surface area contributed by atoms with Crippen molar-refractivity contribution in [1.29, 1.82) is 0 Å². The maximum atomic E-state index is 11.1. The number of imidazole rings is 1. The van der Waals surface area contributed by atoms with Crippen molar-refractivity contribution in [3.63, 3.8) is 0 Å². The topological polar surface area (TPSA) is 38.0 Å². The monoisotopic (exact) mass is 356 g/mol. The van der Waals surface area contributed by atoms with E-state index in [2.05, 4.69) is 61.7 Å². The van der Waals surface area contributed by atoms with Crippen molar-refractivity contribution < 1.29 is 5.11 Å². The van der Waals surface area contributed by atoms with E-state index in [0.29, 0.717) is 12.4 Å². The summed E-state index contributed by atoms with van der Waals surface area (Å²) in [5, 5.41) is 11.1. The standard InChI is InChI=1S/C24H24N2O/c1-16-8-7-9-19(12-16)15-26-22-14-18(3)17(2)13-21(22)25-24(26)23(27)20-10-5-4-6-11-20/h4-14,23,27H,15H2,1-3H3. The Morgan fingerprint density at radius 3 is 2.37 bits per heavy atom. The molecule has 0 aliphatic carbocycles. The van der Waals surface area contributed by atoms with Crippen LogP contribution in [-0.2, 0) is 6.54 Å². The molecule has 0 aliphatic heterocycles. The van der Waals surface area contributed by atoms with Crippen LogP contribution >= 0.6 is 0 Å². The molecule has 0 spiro atoms. The van der Waals surface area contributed by atoms with E-state index in [1.54, 1.807) is 0 Å². The highest BCUT2D eigenvalue weighted by atomic mass is 16.3. The number of aliphatic hydroxyl groups excluding tert-OH is 1. The maximum absolute atomic E-state index is 11.1. The normalized spacial score (nSPS) is 12.4. The van der Waals surface area contributed by atoms with Crippen molar-refractivity contribution in [3.05, 3.63) is 100 Å². The van der Waals surface area contributed by atoms with Gasteiger partial charge in [0.2, 0.25) is 0 Å². The van der Waals surface area contributed by atoms with Crippen LogP contribution in [0.25, 0.3) is 11.0 Å². The van der Waals surface area contributed by atoms with Crippen LogP contribution in [0.4, 0.5) is 0 Å². The fourth-order valence-electron chi connectivity index (χ4n) is 3.55. The van der Waals surface area contributed by atoms with Crippen molar-refractivity contribution in [3.8, 4) is 0 Å². The second-order valence-corrected chi connectivity index (χ2v) is 7.28. The highest BCUT2D eigenvalue weighted by molar-refractivity contribution is 5.78. The number of hydrogen-bond donors (Lipinski definition) is 1. The average molecular weight is 356 g/mol. The quantitative estimate of drug-likeness (QED) is 0.553. The summed E-state index contributed by atoms with van der Waals surface area (Å²) in [6, 6.07) is 22.5. The third-order valence-electron chi connectivity index (χ3n) is 5.18. The van der Waals surface area contributed by atoms with Crippen LogP contribution in [-0.4, -0.2) is 14.7 Å². The molecule has 0 saturated heterocycles. The Balaban J connectivity index is 1.89. The lowest BCUT2D eigenvalue weighted by atomic mass is 10.1. The highest BCUT2D eigenvalue weighted by Gasteiger charge is 2.20. The molecular weight excluding hydrogens is 332 g/mol. The molecule has 0 aliphatic rings. The largest absolute Gasteiger partial charge is 0.380 e. The Kier molecular flexibility index (Phi) is 4.54. The van der Waals surface area contributed by atoms with E-state index in [0.717, 1.165) is 16.6 Å². The number of fused-ring (bicyclic) bond motifs is 1. The lowest BCUT2D eigenvalue weighted by Gasteiger charge is -2.15. The minimum absolute atomic E-state index is 0.680. The van der Waals surface area contributed by atoms with Gasteiger partial charge in [0, 0.05) is 6.54 Å². The van der Waals surface area contributed by atoms with E-state index in [-0.39, 0.29) is 0 Å². The molecule has 3 heteroatoms. The first-order valence-corrected chi connectivity index (χ1v) is 9.29. The molecule has 4 rings (SSSR count). The smallest absolute Gasteiger partial charge is 0.143 e. The van der Waals surface area contributed by atoms with E-state index in [9.17, 15) is 5.11 Å². The zero-order valence-electron chi connectivity index (χ0n) is 16.0. The molecule has 0 saturated carbocycles. The van der Waals surface area contributed by atoms with Crippen molar-refractivity contribution >= 4 is 11.0 Å². The van der Waals surface area contributed by atoms with Gasteiger partial charge in [0.05, 0.1) is 11.0 Å². The van der Waals surface area contributed by atoms with Gasteiger partial charge in [-0.15, -0.1) is 0 Å². The first-order chi connectivity index (χ1) is 13.0. The van der Waals surface area contributed by atoms with Gasteiger partial charge in [-0.05, 0) is 55.2 Å². The summed E-state index contributed by atoms with van der Waals surface area (Å²) in [7, 11) is 0. The van der Waals surface area contributed by atoms with E-state index in [1.165, 1.54) is 22.3 Å². The molecule has 1 atom stereocenters. The number of aliphatic hydroxyl groups is 1. The summed E-state index contributed by atoms with van der Waals surface area (Å²) in [5.74, 6) is 0.683. The number of hydrogen-bond acceptors (Lipinski definition) is 2. The van der Waals surface area contributed by atoms with E-state index < -0.39 is 6.10 Å². The molecule has 0 amide bonds.